The van der Waals surface area contributed by atoms with E-state index >= 15 is 0 Å². The van der Waals surface area contributed by atoms with Crippen LogP contribution in [0.3, 0.4) is 0 Å². The Bertz CT molecular complexity index is 547. The molecule has 134 valence electrons. The molecule has 2 rings (SSSR count). The van der Waals surface area contributed by atoms with Gasteiger partial charge in [0, 0.05) is 12.6 Å². The summed E-state index contributed by atoms with van der Waals surface area (Å²) in [4.78, 5) is 15.1. The van der Waals surface area contributed by atoms with Crippen LogP contribution in [0.25, 0.3) is 0 Å². The van der Waals surface area contributed by atoms with E-state index in [2.05, 4.69) is 6.92 Å². The lowest BCUT2D eigenvalue weighted by atomic mass is 9.92. The number of amides is 1. The zero-order chi connectivity index (χ0) is 17.7. The number of carbonyl (C=O) groups is 1. The van der Waals surface area contributed by atoms with Crippen LogP contribution in [-0.2, 0) is 4.79 Å². The first-order valence-corrected chi connectivity index (χ1v) is 8.67. The van der Waals surface area contributed by atoms with Crippen LogP contribution in [0, 0.1) is 0 Å². The minimum absolute atomic E-state index is 0.193. The molecule has 0 N–H and O–H groups in total. The first kappa shape index (κ1) is 18.4. The second-order valence-electron chi connectivity index (χ2n) is 6.30. The summed E-state index contributed by atoms with van der Waals surface area (Å²) in [7, 11) is 4.77. The van der Waals surface area contributed by atoms with Crippen LogP contribution in [0.5, 0.6) is 17.2 Å². The van der Waals surface area contributed by atoms with Gasteiger partial charge in [-0.25, -0.2) is 0 Å². The Morgan fingerprint density at radius 1 is 1.17 bits per heavy atom. The molecule has 0 bridgehead atoms. The van der Waals surface area contributed by atoms with Crippen molar-refractivity contribution in [2.45, 2.75) is 51.5 Å². The number of carbonyl (C=O) groups excluding carboxylic acids is 1. The summed E-state index contributed by atoms with van der Waals surface area (Å²) < 4.78 is 16.2. The summed E-state index contributed by atoms with van der Waals surface area (Å²) in [6.45, 7) is 5.03. The number of hydrogen-bond donors (Lipinski definition) is 0. The monoisotopic (exact) mass is 335 g/mol. The molecule has 1 aliphatic rings. The van der Waals surface area contributed by atoms with E-state index in [0.29, 0.717) is 23.3 Å². The van der Waals surface area contributed by atoms with Crippen LogP contribution in [0.4, 0.5) is 0 Å². The third kappa shape index (κ3) is 3.60. The number of rotatable bonds is 6. The first-order chi connectivity index (χ1) is 11.6. The Kier molecular flexibility index (Phi) is 6.35. The quantitative estimate of drug-likeness (QED) is 0.797. The van der Waals surface area contributed by atoms with Crippen LogP contribution in [0.1, 0.15) is 51.0 Å². The normalized spacial score (nSPS) is 18.9. The van der Waals surface area contributed by atoms with E-state index in [1.807, 2.05) is 24.0 Å². The van der Waals surface area contributed by atoms with E-state index in [1.165, 1.54) is 6.42 Å². The molecule has 1 aromatic rings. The number of ether oxygens (including phenoxy) is 3. The SMILES string of the molecule is CC[C@@H](C(=O)N1CCCCC1C)c1cc(OC)c(OC)c(OC)c1. The number of methoxy groups -OCH3 is 3. The molecule has 1 aromatic carbocycles. The van der Waals surface area contributed by atoms with E-state index < -0.39 is 0 Å². The van der Waals surface area contributed by atoms with Crippen molar-refractivity contribution in [3.05, 3.63) is 17.7 Å². The summed E-state index contributed by atoms with van der Waals surface area (Å²) >= 11 is 0. The van der Waals surface area contributed by atoms with Crippen LogP contribution in [0.2, 0.25) is 0 Å². The van der Waals surface area contributed by atoms with Gasteiger partial charge in [0.05, 0.1) is 27.2 Å². The van der Waals surface area contributed by atoms with Crippen molar-refractivity contribution in [2.24, 2.45) is 0 Å². The van der Waals surface area contributed by atoms with E-state index in [0.717, 1.165) is 31.4 Å². The minimum Gasteiger partial charge on any atom is -0.493 e. The summed E-state index contributed by atoms with van der Waals surface area (Å²) in [6, 6.07) is 4.09. The number of benzene rings is 1. The number of piperidine rings is 1. The first-order valence-electron chi connectivity index (χ1n) is 8.67. The molecule has 1 unspecified atom stereocenters. The Balaban J connectivity index is 2.37. The average molecular weight is 335 g/mol. The van der Waals surface area contributed by atoms with Gasteiger partial charge in [0.15, 0.2) is 11.5 Å². The molecular weight excluding hydrogens is 306 g/mol. The highest BCUT2D eigenvalue weighted by Crippen LogP contribution is 2.41. The van der Waals surface area contributed by atoms with Gasteiger partial charge in [-0.3, -0.25) is 4.79 Å². The maximum atomic E-state index is 13.1. The molecule has 1 fully saturated rings. The molecule has 1 saturated heterocycles. The van der Waals surface area contributed by atoms with Gasteiger partial charge in [0.1, 0.15) is 0 Å². The lowest BCUT2D eigenvalue weighted by molar-refractivity contribution is -0.136. The van der Waals surface area contributed by atoms with Crippen LogP contribution in [0.15, 0.2) is 12.1 Å². The van der Waals surface area contributed by atoms with Crippen LogP contribution >= 0.6 is 0 Å². The van der Waals surface area contributed by atoms with Crippen molar-refractivity contribution >= 4 is 5.91 Å². The van der Waals surface area contributed by atoms with Crippen molar-refractivity contribution in [1.82, 2.24) is 4.90 Å². The molecule has 1 amide bonds. The lowest BCUT2D eigenvalue weighted by Crippen LogP contribution is -2.44. The zero-order valence-corrected chi connectivity index (χ0v) is 15.4. The van der Waals surface area contributed by atoms with Gasteiger partial charge in [-0.15, -0.1) is 0 Å². The molecule has 24 heavy (non-hydrogen) atoms. The molecule has 0 spiro atoms. The molecule has 5 heteroatoms. The summed E-state index contributed by atoms with van der Waals surface area (Å²) in [5.41, 5.74) is 0.912. The molecule has 0 radical (unpaired) electrons. The van der Waals surface area contributed by atoms with E-state index in [4.69, 9.17) is 14.2 Å². The highest BCUT2D eigenvalue weighted by atomic mass is 16.5. The average Bonchev–Trinajstić information content (AvgIpc) is 2.61. The highest BCUT2D eigenvalue weighted by molar-refractivity contribution is 5.84. The number of nitrogens with zero attached hydrogens (tertiary/aromatic N) is 1. The van der Waals surface area contributed by atoms with E-state index in [1.54, 1.807) is 21.3 Å². The van der Waals surface area contributed by atoms with Gasteiger partial charge in [-0.05, 0) is 50.3 Å². The van der Waals surface area contributed by atoms with E-state index in [9.17, 15) is 4.79 Å². The summed E-state index contributed by atoms with van der Waals surface area (Å²) in [5, 5.41) is 0. The Hall–Kier alpha value is -1.91. The Morgan fingerprint density at radius 2 is 1.79 bits per heavy atom. The third-order valence-corrected chi connectivity index (χ3v) is 4.88. The Morgan fingerprint density at radius 3 is 2.25 bits per heavy atom. The van der Waals surface area contributed by atoms with Crippen LogP contribution in [-0.4, -0.2) is 44.7 Å². The molecule has 1 aliphatic heterocycles. The van der Waals surface area contributed by atoms with Gasteiger partial charge < -0.3 is 19.1 Å². The van der Waals surface area contributed by atoms with Crippen LogP contribution < -0.4 is 14.2 Å². The highest BCUT2D eigenvalue weighted by Gasteiger charge is 2.30. The predicted octanol–water partition coefficient (Wildman–Crippen LogP) is 3.61. The van der Waals surface area contributed by atoms with Gasteiger partial charge in [0.25, 0.3) is 0 Å². The topological polar surface area (TPSA) is 48.0 Å². The minimum atomic E-state index is -0.195. The van der Waals surface area contributed by atoms with Crippen molar-refractivity contribution in [3.8, 4) is 17.2 Å². The fraction of sp³-hybridized carbons (Fsp3) is 0.632. The van der Waals surface area contributed by atoms with Crippen molar-refractivity contribution in [2.75, 3.05) is 27.9 Å². The lowest BCUT2D eigenvalue weighted by Gasteiger charge is -2.36. The summed E-state index contributed by atoms with van der Waals surface area (Å²) in [5.74, 6) is 1.73. The third-order valence-electron chi connectivity index (χ3n) is 4.88. The van der Waals surface area contributed by atoms with Gasteiger partial charge >= 0.3 is 0 Å². The predicted molar refractivity (Wildman–Crippen MR) is 94.2 cm³/mol. The number of hydrogen-bond acceptors (Lipinski definition) is 4. The maximum Gasteiger partial charge on any atom is 0.230 e. The number of likely N-dealkylation sites (tertiary alicyclic amines) is 1. The molecule has 0 saturated carbocycles. The van der Waals surface area contributed by atoms with Gasteiger partial charge in [-0.2, -0.15) is 0 Å². The van der Waals surface area contributed by atoms with Crippen molar-refractivity contribution < 1.29 is 19.0 Å². The fourth-order valence-electron chi connectivity index (χ4n) is 3.48. The Labute approximate surface area is 144 Å². The second kappa shape index (κ2) is 8.27. The maximum absolute atomic E-state index is 13.1. The standard InChI is InChI=1S/C19H29NO4/c1-6-15(19(21)20-10-8-7-9-13(20)2)14-11-16(22-3)18(24-5)17(12-14)23-4/h11-13,15H,6-10H2,1-5H3/t13?,15-/m1/s1. The van der Waals surface area contributed by atoms with E-state index in [-0.39, 0.29) is 11.8 Å². The molecular formula is C19H29NO4. The molecule has 5 nitrogen and oxygen atoms in total. The van der Waals surface area contributed by atoms with Crippen molar-refractivity contribution in [1.29, 1.82) is 0 Å². The molecule has 0 aromatic heterocycles. The second-order valence-corrected chi connectivity index (χ2v) is 6.30. The molecule has 0 aliphatic carbocycles. The molecule has 1 heterocycles. The fourth-order valence-corrected chi connectivity index (χ4v) is 3.48. The largest absolute Gasteiger partial charge is 0.493 e. The smallest absolute Gasteiger partial charge is 0.230 e. The zero-order valence-electron chi connectivity index (χ0n) is 15.4. The van der Waals surface area contributed by atoms with Gasteiger partial charge in [-0.1, -0.05) is 6.92 Å². The van der Waals surface area contributed by atoms with Gasteiger partial charge in [0.2, 0.25) is 11.7 Å². The molecule has 2 atom stereocenters. The van der Waals surface area contributed by atoms with Crippen molar-refractivity contribution in [3.63, 3.8) is 0 Å². The summed E-state index contributed by atoms with van der Waals surface area (Å²) in [6.07, 6.45) is 4.10.